The van der Waals surface area contributed by atoms with E-state index in [-0.39, 0.29) is 11.6 Å². The molecule has 148 valence electrons. The van der Waals surface area contributed by atoms with Crippen LogP contribution in [0.15, 0.2) is 46.2 Å². The van der Waals surface area contributed by atoms with E-state index >= 15 is 0 Å². The number of hydrogen-bond donors (Lipinski definition) is 0. The predicted octanol–water partition coefficient (Wildman–Crippen LogP) is 4.08. The van der Waals surface area contributed by atoms with Gasteiger partial charge in [-0.2, -0.15) is 0 Å². The van der Waals surface area contributed by atoms with Crippen molar-refractivity contribution in [1.29, 1.82) is 0 Å². The summed E-state index contributed by atoms with van der Waals surface area (Å²) < 4.78 is 28.6. The van der Waals surface area contributed by atoms with Crippen molar-refractivity contribution in [3.8, 4) is 11.3 Å². The van der Waals surface area contributed by atoms with Crippen LogP contribution >= 0.6 is 0 Å². The molecule has 0 radical (unpaired) electrons. The summed E-state index contributed by atoms with van der Waals surface area (Å²) in [5, 5.41) is 0.745. The zero-order valence-electron chi connectivity index (χ0n) is 16.8. The average Bonchev–Trinajstić information content (AvgIpc) is 3.33. The number of rotatable bonds is 5. The van der Waals surface area contributed by atoms with Crippen LogP contribution in [-0.2, 0) is 16.9 Å². The molecule has 0 N–H and O–H groups in total. The van der Waals surface area contributed by atoms with Gasteiger partial charge in [-0.05, 0) is 50.5 Å². The largest absolute Gasteiger partial charge is 0.338 e. The minimum Gasteiger partial charge on any atom is -0.338 e. The molecule has 0 aliphatic heterocycles. The average molecular weight is 399 g/mol. The van der Waals surface area contributed by atoms with Crippen LogP contribution in [0.4, 0.5) is 0 Å². The zero-order valence-corrected chi connectivity index (χ0v) is 17.6. The van der Waals surface area contributed by atoms with E-state index in [1.54, 1.807) is 17.7 Å². The molecular weight excluding hydrogens is 372 g/mol. The van der Waals surface area contributed by atoms with Gasteiger partial charge >= 0.3 is 0 Å². The molecule has 0 unspecified atom stereocenters. The van der Waals surface area contributed by atoms with Gasteiger partial charge in [-0.1, -0.05) is 18.9 Å². The first-order chi connectivity index (χ1) is 13.2. The third-order valence-electron chi connectivity index (χ3n) is 5.71. The van der Waals surface area contributed by atoms with E-state index in [1.165, 1.54) is 19.1 Å². The second kappa shape index (κ2) is 6.62. The van der Waals surface area contributed by atoms with Gasteiger partial charge in [0.2, 0.25) is 0 Å². The molecule has 0 spiro atoms. The molecule has 4 rings (SSSR count). The Hall–Kier alpha value is -2.34. The smallest absolute Gasteiger partial charge is 0.253 e. The summed E-state index contributed by atoms with van der Waals surface area (Å²) >= 11 is 0. The van der Waals surface area contributed by atoms with Crippen LogP contribution in [0.1, 0.15) is 37.8 Å². The van der Waals surface area contributed by atoms with Gasteiger partial charge in [0.05, 0.1) is 16.1 Å². The van der Waals surface area contributed by atoms with Crippen LogP contribution in [0, 0.1) is 12.8 Å². The molecule has 2 heterocycles. The SMILES string of the molecule is Cc1cc(-c2cc3c(S(C)(=O)=O)cccc3n2[C@@H](C)CC2CC2)cn(C)c1=O. The Labute approximate surface area is 165 Å². The molecule has 1 saturated carbocycles. The number of benzene rings is 1. The van der Waals surface area contributed by atoms with Crippen molar-refractivity contribution >= 4 is 20.7 Å². The monoisotopic (exact) mass is 398 g/mol. The Kier molecular flexibility index (Phi) is 4.49. The summed E-state index contributed by atoms with van der Waals surface area (Å²) in [5.74, 6) is 0.750. The maximum Gasteiger partial charge on any atom is 0.253 e. The van der Waals surface area contributed by atoms with Crippen molar-refractivity contribution in [3.05, 3.63) is 52.4 Å². The minimum atomic E-state index is -3.34. The van der Waals surface area contributed by atoms with Gasteiger partial charge < -0.3 is 9.13 Å². The number of nitrogens with zero attached hydrogens (tertiary/aromatic N) is 2. The van der Waals surface area contributed by atoms with Gasteiger partial charge in [0, 0.05) is 42.1 Å². The second-order valence-electron chi connectivity index (χ2n) is 8.22. The number of sulfone groups is 1. The molecule has 1 atom stereocenters. The lowest BCUT2D eigenvalue weighted by atomic mass is 10.1. The lowest BCUT2D eigenvalue weighted by Gasteiger charge is -2.20. The first-order valence-corrected chi connectivity index (χ1v) is 11.6. The van der Waals surface area contributed by atoms with Crippen molar-refractivity contribution in [2.45, 2.75) is 44.0 Å². The fraction of sp³-hybridized carbons (Fsp3) is 0.409. The van der Waals surface area contributed by atoms with Crippen molar-refractivity contribution < 1.29 is 8.42 Å². The Morgan fingerprint density at radius 2 is 1.93 bits per heavy atom. The minimum absolute atomic E-state index is 0.0192. The molecule has 5 nitrogen and oxygen atoms in total. The van der Waals surface area contributed by atoms with Crippen LogP contribution in [-0.4, -0.2) is 23.8 Å². The molecule has 0 saturated heterocycles. The summed E-state index contributed by atoms with van der Waals surface area (Å²) in [6.45, 7) is 4.01. The lowest BCUT2D eigenvalue weighted by Crippen LogP contribution is -2.19. The van der Waals surface area contributed by atoms with Crippen LogP contribution in [0.3, 0.4) is 0 Å². The number of aromatic nitrogens is 2. The summed E-state index contributed by atoms with van der Waals surface area (Å²) in [7, 11) is -1.59. The van der Waals surface area contributed by atoms with E-state index in [0.29, 0.717) is 10.5 Å². The van der Waals surface area contributed by atoms with E-state index in [4.69, 9.17) is 0 Å². The zero-order chi connectivity index (χ0) is 20.2. The molecule has 6 heteroatoms. The summed E-state index contributed by atoms with van der Waals surface area (Å²) in [6.07, 6.45) is 6.70. The van der Waals surface area contributed by atoms with Crippen LogP contribution in [0.25, 0.3) is 22.2 Å². The maximum atomic E-state index is 12.4. The fourth-order valence-corrected chi connectivity index (χ4v) is 5.09. The molecule has 1 aliphatic carbocycles. The molecule has 1 aliphatic rings. The third-order valence-corrected chi connectivity index (χ3v) is 6.87. The maximum absolute atomic E-state index is 12.4. The van der Waals surface area contributed by atoms with Gasteiger partial charge in [-0.3, -0.25) is 4.79 Å². The topological polar surface area (TPSA) is 61.1 Å². The van der Waals surface area contributed by atoms with Crippen LogP contribution < -0.4 is 5.56 Å². The summed E-state index contributed by atoms with van der Waals surface area (Å²) in [5.41, 5.74) is 3.47. The predicted molar refractivity (Wildman–Crippen MR) is 113 cm³/mol. The van der Waals surface area contributed by atoms with Gasteiger partial charge in [-0.25, -0.2) is 8.42 Å². The van der Waals surface area contributed by atoms with Crippen LogP contribution in [0.5, 0.6) is 0 Å². The van der Waals surface area contributed by atoms with Gasteiger partial charge in [0.15, 0.2) is 9.84 Å². The van der Waals surface area contributed by atoms with E-state index in [1.807, 2.05) is 37.4 Å². The summed E-state index contributed by atoms with van der Waals surface area (Å²) in [6, 6.07) is 9.59. The quantitative estimate of drug-likeness (QED) is 0.651. The number of fused-ring (bicyclic) bond motifs is 1. The van der Waals surface area contributed by atoms with Crippen molar-refractivity contribution in [3.63, 3.8) is 0 Å². The third kappa shape index (κ3) is 3.30. The molecule has 0 amide bonds. The van der Waals surface area contributed by atoms with Gasteiger partial charge in [0.1, 0.15) is 0 Å². The van der Waals surface area contributed by atoms with E-state index < -0.39 is 9.84 Å². The molecule has 3 aromatic rings. The highest BCUT2D eigenvalue weighted by Gasteiger charge is 2.27. The molecule has 28 heavy (non-hydrogen) atoms. The Morgan fingerprint density at radius 3 is 2.54 bits per heavy atom. The molecule has 1 aromatic carbocycles. The van der Waals surface area contributed by atoms with E-state index in [0.717, 1.165) is 34.5 Å². The van der Waals surface area contributed by atoms with Crippen molar-refractivity contribution in [2.24, 2.45) is 13.0 Å². The van der Waals surface area contributed by atoms with Gasteiger partial charge in [-0.15, -0.1) is 0 Å². The van der Waals surface area contributed by atoms with Crippen molar-refractivity contribution in [1.82, 2.24) is 9.13 Å². The number of aryl methyl sites for hydroxylation is 2. The van der Waals surface area contributed by atoms with Crippen LogP contribution in [0.2, 0.25) is 0 Å². The second-order valence-corrected chi connectivity index (χ2v) is 10.2. The Balaban J connectivity index is 2.02. The van der Waals surface area contributed by atoms with Gasteiger partial charge in [0.25, 0.3) is 5.56 Å². The first-order valence-electron chi connectivity index (χ1n) is 9.68. The summed E-state index contributed by atoms with van der Waals surface area (Å²) in [4.78, 5) is 12.5. The fourth-order valence-electron chi connectivity index (χ4n) is 4.20. The standard InChI is InChI=1S/C22H26N2O3S/c1-14-10-17(13-23(3)22(14)25)20-12-18-19(6-5-7-21(18)28(4,26)27)24(20)15(2)11-16-8-9-16/h5-7,10,12-13,15-16H,8-9,11H2,1-4H3/t15-/m0/s1. The number of hydrogen-bond acceptors (Lipinski definition) is 3. The van der Waals surface area contributed by atoms with Crippen molar-refractivity contribution in [2.75, 3.05) is 6.26 Å². The normalized spacial score (nSPS) is 15.9. The first kappa shape index (κ1) is 19.0. The molecular formula is C22H26N2O3S. The number of pyridine rings is 1. The highest BCUT2D eigenvalue weighted by Crippen LogP contribution is 2.41. The van der Waals surface area contributed by atoms with E-state index in [9.17, 15) is 13.2 Å². The lowest BCUT2D eigenvalue weighted by molar-refractivity contribution is 0.493. The Morgan fingerprint density at radius 1 is 1.21 bits per heavy atom. The molecule has 2 aromatic heterocycles. The molecule has 0 bridgehead atoms. The Bertz CT molecular complexity index is 1200. The van der Waals surface area contributed by atoms with E-state index in [2.05, 4.69) is 11.5 Å². The molecule has 1 fully saturated rings. The highest BCUT2D eigenvalue weighted by molar-refractivity contribution is 7.91. The highest BCUT2D eigenvalue weighted by atomic mass is 32.2.